The van der Waals surface area contributed by atoms with Crippen LogP contribution in [0.4, 0.5) is 14.7 Å². The lowest BCUT2D eigenvalue weighted by Crippen LogP contribution is -2.31. The molecule has 1 N–H and O–H groups in total. The van der Waals surface area contributed by atoms with E-state index in [1.807, 2.05) is 0 Å². The van der Waals surface area contributed by atoms with Crippen molar-refractivity contribution < 1.29 is 18.4 Å². The first kappa shape index (κ1) is 18.6. The summed E-state index contributed by atoms with van der Waals surface area (Å²) in [4.78, 5) is 31.0. The average molecular weight is 392 g/mol. The molecule has 0 atom stereocenters. The number of nitrogens with one attached hydrogen (secondary N) is 1. The Morgan fingerprint density at radius 3 is 2.85 bits per heavy atom. The summed E-state index contributed by atoms with van der Waals surface area (Å²) in [6, 6.07) is 4.74. The molecule has 0 aliphatic carbocycles. The first-order valence-electron chi connectivity index (χ1n) is 7.68. The van der Waals surface area contributed by atoms with Crippen molar-refractivity contribution in [1.29, 1.82) is 0 Å². The van der Waals surface area contributed by atoms with Gasteiger partial charge in [0, 0.05) is 19.4 Å². The molecule has 0 bridgehead atoms. The van der Waals surface area contributed by atoms with E-state index in [-0.39, 0.29) is 18.2 Å². The Bertz CT molecular complexity index is 985. The molecule has 0 saturated carbocycles. The number of thiophene rings is 1. The molecule has 0 aromatic carbocycles. The van der Waals surface area contributed by atoms with Crippen molar-refractivity contribution in [2.45, 2.75) is 6.43 Å². The van der Waals surface area contributed by atoms with Crippen molar-refractivity contribution in [1.82, 2.24) is 19.5 Å². The third-order valence-electron chi connectivity index (χ3n) is 3.46. The molecular weight excluding hydrogens is 378 g/mol. The Morgan fingerprint density at radius 1 is 1.44 bits per heavy atom. The van der Waals surface area contributed by atoms with Gasteiger partial charge in [-0.1, -0.05) is 0 Å². The third kappa shape index (κ3) is 4.14. The molecule has 0 spiro atoms. The highest BCUT2D eigenvalue weighted by atomic mass is 32.1. The highest BCUT2D eigenvalue weighted by Gasteiger charge is 2.23. The van der Waals surface area contributed by atoms with E-state index in [1.54, 1.807) is 17.5 Å². The molecule has 0 radical (unpaired) electrons. The largest absolute Gasteiger partial charge is 0.297 e. The van der Waals surface area contributed by atoms with E-state index in [1.165, 1.54) is 36.8 Å². The van der Waals surface area contributed by atoms with Crippen LogP contribution in [0.15, 0.2) is 41.1 Å². The van der Waals surface area contributed by atoms with Crippen LogP contribution in [0, 0.1) is 0 Å². The number of carbonyl (C=O) groups is 2. The summed E-state index contributed by atoms with van der Waals surface area (Å²) in [5.74, 6) is -1.07. The van der Waals surface area contributed by atoms with Gasteiger partial charge in [0.25, 0.3) is 6.43 Å². The van der Waals surface area contributed by atoms with Crippen molar-refractivity contribution in [2.24, 2.45) is 5.10 Å². The molecule has 8 nitrogen and oxygen atoms in total. The lowest BCUT2D eigenvalue weighted by molar-refractivity contribution is -0.117. The van der Waals surface area contributed by atoms with Crippen molar-refractivity contribution in [3.8, 4) is 0 Å². The normalized spacial score (nSPS) is 11.8. The number of fused-ring (bicyclic) bond motifs is 1. The molecular formula is C16H14F2N6O2S. The molecule has 0 fully saturated rings. The number of aldehydes is 1. The highest BCUT2D eigenvalue weighted by Crippen LogP contribution is 2.25. The smallest absolute Gasteiger partial charge is 0.296 e. The SMILES string of the molecule is CN(CC(=O)Nc1ncccn1)/N=C(/C(F)F)n1c(C=O)cc2sccc21. The van der Waals surface area contributed by atoms with E-state index in [9.17, 15) is 18.4 Å². The number of rotatable bonds is 6. The Morgan fingerprint density at radius 2 is 2.19 bits per heavy atom. The molecule has 140 valence electrons. The van der Waals surface area contributed by atoms with Gasteiger partial charge in [-0.2, -0.15) is 5.10 Å². The zero-order valence-electron chi connectivity index (χ0n) is 14.0. The van der Waals surface area contributed by atoms with Crippen molar-refractivity contribution in [3.63, 3.8) is 0 Å². The van der Waals surface area contributed by atoms with Gasteiger partial charge in [0.15, 0.2) is 6.29 Å². The number of hydrogen-bond acceptors (Lipinski definition) is 7. The molecule has 3 heterocycles. The maximum atomic E-state index is 13.6. The highest BCUT2D eigenvalue weighted by molar-refractivity contribution is 7.17. The number of halogens is 2. The number of alkyl halides is 2. The molecule has 3 aromatic heterocycles. The number of amides is 1. The van der Waals surface area contributed by atoms with Crippen LogP contribution in [0.5, 0.6) is 0 Å². The first-order chi connectivity index (χ1) is 13.0. The van der Waals surface area contributed by atoms with E-state index in [2.05, 4.69) is 20.4 Å². The van der Waals surface area contributed by atoms with Gasteiger partial charge >= 0.3 is 0 Å². The summed E-state index contributed by atoms with van der Waals surface area (Å²) < 4.78 is 29.1. The van der Waals surface area contributed by atoms with Crippen LogP contribution < -0.4 is 5.32 Å². The minimum atomic E-state index is -2.96. The maximum Gasteiger partial charge on any atom is 0.297 e. The van der Waals surface area contributed by atoms with Gasteiger partial charge in [-0.15, -0.1) is 11.3 Å². The van der Waals surface area contributed by atoms with Gasteiger partial charge < -0.3 is 0 Å². The van der Waals surface area contributed by atoms with Crippen LogP contribution in [0.2, 0.25) is 0 Å². The second kappa shape index (κ2) is 7.99. The van der Waals surface area contributed by atoms with Crippen LogP contribution in [-0.2, 0) is 4.79 Å². The summed E-state index contributed by atoms with van der Waals surface area (Å²) in [5.41, 5.74) is 0.517. The van der Waals surface area contributed by atoms with Crippen LogP contribution in [0.1, 0.15) is 10.5 Å². The summed E-state index contributed by atoms with van der Waals surface area (Å²) >= 11 is 1.33. The van der Waals surface area contributed by atoms with Crippen LogP contribution in [0.3, 0.4) is 0 Å². The second-order valence-corrected chi connectivity index (χ2v) is 6.34. The monoisotopic (exact) mass is 392 g/mol. The van der Waals surface area contributed by atoms with E-state index in [4.69, 9.17) is 0 Å². The molecule has 27 heavy (non-hydrogen) atoms. The maximum absolute atomic E-state index is 13.6. The van der Waals surface area contributed by atoms with Crippen molar-refractivity contribution in [3.05, 3.63) is 41.7 Å². The van der Waals surface area contributed by atoms with Crippen LogP contribution in [-0.4, -0.2) is 57.6 Å². The zero-order valence-corrected chi connectivity index (χ0v) is 14.9. The van der Waals surface area contributed by atoms with E-state index < -0.39 is 18.2 Å². The van der Waals surface area contributed by atoms with Crippen LogP contribution >= 0.6 is 11.3 Å². The summed E-state index contributed by atoms with van der Waals surface area (Å²) in [6.07, 6.45) is 0.447. The van der Waals surface area contributed by atoms with Gasteiger partial charge in [-0.3, -0.25) is 24.5 Å². The lowest BCUT2D eigenvalue weighted by Gasteiger charge is -2.16. The van der Waals surface area contributed by atoms with Gasteiger partial charge in [-0.25, -0.2) is 18.7 Å². The Hall–Kier alpha value is -3.21. The summed E-state index contributed by atoms with van der Waals surface area (Å²) in [5, 5.41) is 9.08. The van der Waals surface area contributed by atoms with Gasteiger partial charge in [0.2, 0.25) is 17.7 Å². The molecule has 0 unspecified atom stereocenters. The number of aromatic nitrogens is 3. The molecule has 3 aromatic rings. The molecule has 0 aliphatic heterocycles. The number of carbonyl (C=O) groups excluding carboxylic acids is 2. The minimum Gasteiger partial charge on any atom is -0.296 e. The third-order valence-corrected chi connectivity index (χ3v) is 4.31. The van der Waals surface area contributed by atoms with Crippen molar-refractivity contribution in [2.75, 3.05) is 18.9 Å². The molecule has 0 aliphatic rings. The van der Waals surface area contributed by atoms with Gasteiger partial charge in [-0.05, 0) is 23.6 Å². The van der Waals surface area contributed by atoms with E-state index in [0.29, 0.717) is 16.5 Å². The zero-order chi connectivity index (χ0) is 19.4. The quantitative estimate of drug-likeness (QED) is 0.301. The number of hydrogen-bond donors (Lipinski definition) is 1. The summed E-state index contributed by atoms with van der Waals surface area (Å²) in [6.45, 7) is -0.307. The molecule has 3 rings (SSSR count). The number of anilines is 1. The predicted molar refractivity (Wildman–Crippen MR) is 97.3 cm³/mol. The van der Waals surface area contributed by atoms with Gasteiger partial charge in [0.05, 0.1) is 15.9 Å². The molecule has 1 amide bonds. The minimum absolute atomic E-state index is 0.0615. The number of nitrogens with zero attached hydrogens (tertiary/aromatic N) is 5. The second-order valence-electron chi connectivity index (χ2n) is 5.39. The van der Waals surface area contributed by atoms with Gasteiger partial charge in [0.1, 0.15) is 6.54 Å². The first-order valence-corrected chi connectivity index (χ1v) is 8.56. The Balaban J connectivity index is 1.83. The van der Waals surface area contributed by atoms with E-state index in [0.717, 1.165) is 9.58 Å². The fraction of sp³-hybridized carbons (Fsp3) is 0.188. The van der Waals surface area contributed by atoms with E-state index >= 15 is 0 Å². The fourth-order valence-corrected chi connectivity index (χ4v) is 3.23. The fourth-order valence-electron chi connectivity index (χ4n) is 2.42. The number of hydrazone groups is 1. The molecule has 0 saturated heterocycles. The van der Waals surface area contributed by atoms with Crippen molar-refractivity contribution >= 4 is 45.5 Å². The number of likely N-dealkylation sites (N-methyl/N-ethyl adjacent to an activating group) is 1. The molecule has 11 heteroatoms. The van der Waals surface area contributed by atoms with Crippen LogP contribution in [0.25, 0.3) is 10.2 Å². The topological polar surface area (TPSA) is 92.5 Å². The Labute approximate surface area is 156 Å². The predicted octanol–water partition coefficient (Wildman–Crippen LogP) is 2.30. The summed E-state index contributed by atoms with van der Waals surface area (Å²) in [7, 11) is 1.38. The average Bonchev–Trinajstić information content (AvgIpc) is 3.21. The lowest BCUT2D eigenvalue weighted by atomic mass is 10.4. The Kier molecular flexibility index (Phi) is 5.50. The standard InChI is InChI=1S/C16H14F2N6O2S/c1-23(8-13(26)21-16-19-4-2-5-20-16)22-15(14(17)18)24-10(9-25)7-12-11(24)3-6-27-12/h2-7,9,14H,8H2,1H3,(H,19,20,21,26)/b22-15-.